The molecule has 0 aromatic rings. The third-order valence-corrected chi connectivity index (χ3v) is 3.16. The first-order valence-corrected chi connectivity index (χ1v) is 5.97. The third-order valence-electron chi connectivity index (χ3n) is 1.86. The van der Waals surface area contributed by atoms with Crippen LogP contribution in [-0.2, 0) is 10.8 Å². The highest BCUT2D eigenvalue weighted by molar-refractivity contribution is 7.84. The number of hydrogen-bond acceptors (Lipinski definition) is 2. The van der Waals surface area contributed by atoms with Crippen molar-refractivity contribution in [3.8, 4) is 0 Å². The van der Waals surface area contributed by atoms with E-state index in [2.05, 4.69) is 5.32 Å². The maximum Gasteiger partial charge on any atom is 0.390 e. The first-order chi connectivity index (χ1) is 6.22. The molecule has 0 aromatic heterocycles. The molecule has 14 heavy (non-hydrogen) atoms. The Labute approximate surface area is 84.7 Å². The van der Waals surface area contributed by atoms with Crippen LogP contribution in [0.3, 0.4) is 0 Å². The molecule has 0 rings (SSSR count). The molecule has 3 unspecified atom stereocenters. The first kappa shape index (κ1) is 13.9. The molecule has 0 aliphatic heterocycles. The van der Waals surface area contributed by atoms with Crippen molar-refractivity contribution in [3.63, 3.8) is 0 Å². The molecule has 0 saturated heterocycles. The van der Waals surface area contributed by atoms with Crippen molar-refractivity contribution in [2.24, 2.45) is 0 Å². The van der Waals surface area contributed by atoms with Crippen LogP contribution in [0.2, 0.25) is 0 Å². The minimum Gasteiger partial charge on any atom is -0.313 e. The van der Waals surface area contributed by atoms with E-state index in [0.29, 0.717) is 6.54 Å². The second-order valence-electron chi connectivity index (χ2n) is 3.44. The molecule has 1 N–H and O–H groups in total. The molecular weight excluding hydrogens is 215 g/mol. The number of alkyl halides is 3. The molecule has 2 nitrogen and oxygen atoms in total. The maximum atomic E-state index is 11.9. The molecule has 0 amide bonds. The van der Waals surface area contributed by atoms with Crippen LogP contribution in [-0.4, -0.2) is 34.5 Å². The molecule has 0 heterocycles. The summed E-state index contributed by atoms with van der Waals surface area (Å²) in [4.78, 5) is 0. The minimum atomic E-state index is -4.14. The second-order valence-corrected chi connectivity index (χ2v) is 5.24. The first-order valence-electron chi connectivity index (χ1n) is 4.34. The lowest BCUT2D eigenvalue weighted by atomic mass is 10.2. The summed E-state index contributed by atoms with van der Waals surface area (Å²) in [6, 6.07) is -0.624. The van der Waals surface area contributed by atoms with Crippen LogP contribution in [0.15, 0.2) is 0 Å². The Bertz CT molecular complexity index is 196. The second kappa shape index (κ2) is 5.70. The lowest BCUT2D eigenvalue weighted by Gasteiger charge is -2.17. The van der Waals surface area contributed by atoms with E-state index in [1.54, 1.807) is 13.2 Å². The zero-order valence-electron chi connectivity index (χ0n) is 8.52. The van der Waals surface area contributed by atoms with Crippen molar-refractivity contribution >= 4 is 10.8 Å². The van der Waals surface area contributed by atoms with Crippen molar-refractivity contribution in [3.05, 3.63) is 0 Å². The summed E-state index contributed by atoms with van der Waals surface area (Å²) in [5.74, 6) is 0. The van der Waals surface area contributed by atoms with E-state index in [1.807, 2.05) is 0 Å². The SMILES string of the molecule is CC(CC(F)(F)F)NCC(C)S(C)=O. The Morgan fingerprint density at radius 2 is 1.86 bits per heavy atom. The van der Waals surface area contributed by atoms with E-state index >= 15 is 0 Å². The highest BCUT2D eigenvalue weighted by Gasteiger charge is 2.29. The normalized spacial score (nSPS) is 19.0. The molecule has 0 fully saturated rings. The van der Waals surface area contributed by atoms with E-state index in [9.17, 15) is 17.4 Å². The van der Waals surface area contributed by atoms with E-state index in [4.69, 9.17) is 0 Å². The molecule has 0 bridgehead atoms. The molecule has 0 aromatic carbocycles. The number of halogens is 3. The van der Waals surface area contributed by atoms with Crippen molar-refractivity contribution in [2.45, 2.75) is 37.7 Å². The van der Waals surface area contributed by atoms with Gasteiger partial charge in [-0.25, -0.2) is 0 Å². The monoisotopic (exact) mass is 231 g/mol. The topological polar surface area (TPSA) is 29.1 Å². The zero-order valence-corrected chi connectivity index (χ0v) is 9.34. The van der Waals surface area contributed by atoms with Gasteiger partial charge in [0.05, 0.1) is 6.42 Å². The van der Waals surface area contributed by atoms with Gasteiger partial charge in [-0.05, 0) is 13.8 Å². The van der Waals surface area contributed by atoms with Gasteiger partial charge in [-0.3, -0.25) is 4.21 Å². The molecule has 0 saturated carbocycles. The van der Waals surface area contributed by atoms with E-state index in [1.165, 1.54) is 6.92 Å². The van der Waals surface area contributed by atoms with Crippen LogP contribution in [0.1, 0.15) is 20.3 Å². The van der Waals surface area contributed by atoms with E-state index < -0.39 is 29.4 Å². The van der Waals surface area contributed by atoms with Crippen molar-refractivity contribution < 1.29 is 17.4 Å². The van der Waals surface area contributed by atoms with Crippen LogP contribution in [0.4, 0.5) is 13.2 Å². The molecule has 86 valence electrons. The van der Waals surface area contributed by atoms with Crippen LogP contribution in [0.5, 0.6) is 0 Å². The van der Waals surface area contributed by atoms with Crippen molar-refractivity contribution in [2.75, 3.05) is 12.8 Å². The van der Waals surface area contributed by atoms with Crippen LogP contribution < -0.4 is 5.32 Å². The molecule has 0 radical (unpaired) electrons. The predicted molar refractivity (Wildman–Crippen MR) is 51.7 cm³/mol. The summed E-state index contributed by atoms with van der Waals surface area (Å²) in [5.41, 5.74) is 0. The standard InChI is InChI=1S/C8H16F3NOS/c1-6(4-8(9,10)11)12-5-7(2)14(3)13/h6-7,12H,4-5H2,1-3H3. The summed E-state index contributed by atoms with van der Waals surface area (Å²) in [6.07, 6.45) is -3.45. The smallest absolute Gasteiger partial charge is 0.313 e. The summed E-state index contributed by atoms with van der Waals surface area (Å²) >= 11 is 0. The Morgan fingerprint density at radius 1 is 1.36 bits per heavy atom. The zero-order chi connectivity index (χ0) is 11.4. The minimum absolute atomic E-state index is 0.120. The van der Waals surface area contributed by atoms with Gasteiger partial charge in [-0.15, -0.1) is 0 Å². The fourth-order valence-corrected chi connectivity index (χ4v) is 1.23. The predicted octanol–water partition coefficient (Wildman–Crippen LogP) is 1.68. The molecule has 3 atom stereocenters. The van der Waals surface area contributed by atoms with Crippen molar-refractivity contribution in [1.82, 2.24) is 5.32 Å². The summed E-state index contributed by atoms with van der Waals surface area (Å²) in [6.45, 7) is 3.56. The average molecular weight is 231 g/mol. The Hall–Kier alpha value is -0.100. The fourth-order valence-electron chi connectivity index (χ4n) is 0.904. The van der Waals surface area contributed by atoms with Crippen LogP contribution in [0.25, 0.3) is 0 Å². The number of hydrogen-bond donors (Lipinski definition) is 1. The Morgan fingerprint density at radius 3 is 2.21 bits per heavy atom. The van der Waals surface area contributed by atoms with Crippen LogP contribution in [0, 0.1) is 0 Å². The van der Waals surface area contributed by atoms with Gasteiger partial charge in [-0.1, -0.05) is 0 Å². The Balaban J connectivity index is 3.74. The van der Waals surface area contributed by atoms with Gasteiger partial charge in [0.2, 0.25) is 0 Å². The Kier molecular flexibility index (Phi) is 5.66. The quantitative estimate of drug-likeness (QED) is 0.780. The fraction of sp³-hybridized carbons (Fsp3) is 1.00. The van der Waals surface area contributed by atoms with Gasteiger partial charge in [-0.2, -0.15) is 13.2 Å². The van der Waals surface area contributed by atoms with Gasteiger partial charge in [0.15, 0.2) is 0 Å². The van der Waals surface area contributed by atoms with E-state index in [0.717, 1.165) is 0 Å². The van der Waals surface area contributed by atoms with Gasteiger partial charge in [0.1, 0.15) is 0 Å². The van der Waals surface area contributed by atoms with Gasteiger partial charge in [0.25, 0.3) is 0 Å². The highest BCUT2D eigenvalue weighted by Crippen LogP contribution is 2.21. The van der Waals surface area contributed by atoms with E-state index in [-0.39, 0.29) is 5.25 Å². The highest BCUT2D eigenvalue weighted by atomic mass is 32.2. The summed E-state index contributed by atoms with van der Waals surface area (Å²) in [5, 5.41) is 2.59. The molecular formula is C8H16F3NOS. The van der Waals surface area contributed by atoms with Gasteiger partial charge < -0.3 is 5.32 Å². The number of rotatable bonds is 5. The van der Waals surface area contributed by atoms with Crippen molar-refractivity contribution in [1.29, 1.82) is 0 Å². The van der Waals surface area contributed by atoms with Gasteiger partial charge >= 0.3 is 6.18 Å². The average Bonchev–Trinajstić information content (AvgIpc) is 1.96. The summed E-state index contributed by atoms with van der Waals surface area (Å²) < 4.78 is 46.6. The third kappa shape index (κ3) is 7.32. The van der Waals surface area contributed by atoms with Crippen LogP contribution >= 0.6 is 0 Å². The van der Waals surface area contributed by atoms with Gasteiger partial charge in [0, 0.05) is 34.9 Å². The summed E-state index contributed by atoms with van der Waals surface area (Å²) in [7, 11) is -0.994. The maximum absolute atomic E-state index is 11.9. The molecule has 6 heteroatoms. The lowest BCUT2D eigenvalue weighted by Crippen LogP contribution is -2.36. The lowest BCUT2D eigenvalue weighted by molar-refractivity contribution is -0.138. The largest absolute Gasteiger partial charge is 0.390 e. The molecule has 0 aliphatic carbocycles. The number of nitrogens with one attached hydrogen (secondary N) is 1. The molecule has 0 aliphatic rings. The molecule has 0 spiro atoms.